The second-order valence-corrected chi connectivity index (χ2v) is 4.30. The molecular weight excluding hydrogens is 226 g/mol. The van der Waals surface area contributed by atoms with Gasteiger partial charge in [-0.1, -0.05) is 12.8 Å². The van der Waals surface area contributed by atoms with Crippen molar-refractivity contribution in [2.24, 2.45) is 5.92 Å². The number of hydrogen-bond donors (Lipinski definition) is 3. The summed E-state index contributed by atoms with van der Waals surface area (Å²) >= 11 is 0. The fourth-order valence-corrected chi connectivity index (χ4v) is 2.10. The van der Waals surface area contributed by atoms with E-state index in [0.717, 1.165) is 12.8 Å². The van der Waals surface area contributed by atoms with Crippen LogP contribution in [-0.2, 0) is 14.4 Å². The van der Waals surface area contributed by atoms with E-state index in [2.05, 4.69) is 5.32 Å². The standard InChI is InChI=1S/C11H17NO5/c13-9(5-6-10(14)15)12-8-4-2-1-3-7(8)11(16)17/h7-8H,1-6H2,(H,12,13)(H,14,15)(H,16,17)/t7-,8-/m0/s1. The topological polar surface area (TPSA) is 104 Å². The molecule has 1 rings (SSSR count). The molecule has 2 atom stereocenters. The Balaban J connectivity index is 2.44. The molecule has 1 aliphatic rings. The lowest BCUT2D eigenvalue weighted by atomic mass is 9.84. The van der Waals surface area contributed by atoms with E-state index >= 15 is 0 Å². The largest absolute Gasteiger partial charge is 0.481 e. The van der Waals surface area contributed by atoms with Gasteiger partial charge in [-0.05, 0) is 12.8 Å². The van der Waals surface area contributed by atoms with Gasteiger partial charge in [-0.2, -0.15) is 0 Å². The maximum absolute atomic E-state index is 11.4. The minimum absolute atomic E-state index is 0.0990. The van der Waals surface area contributed by atoms with Crippen molar-refractivity contribution >= 4 is 17.8 Å². The lowest BCUT2D eigenvalue weighted by Gasteiger charge is -2.29. The van der Waals surface area contributed by atoms with Gasteiger partial charge in [-0.25, -0.2) is 0 Å². The van der Waals surface area contributed by atoms with Gasteiger partial charge < -0.3 is 15.5 Å². The van der Waals surface area contributed by atoms with Crippen LogP contribution in [0.15, 0.2) is 0 Å². The van der Waals surface area contributed by atoms with E-state index in [4.69, 9.17) is 10.2 Å². The van der Waals surface area contributed by atoms with E-state index in [9.17, 15) is 14.4 Å². The highest BCUT2D eigenvalue weighted by Gasteiger charge is 2.31. The summed E-state index contributed by atoms with van der Waals surface area (Å²) in [5.74, 6) is -2.85. The van der Waals surface area contributed by atoms with Gasteiger partial charge in [-0.3, -0.25) is 14.4 Å². The first-order valence-electron chi connectivity index (χ1n) is 5.74. The monoisotopic (exact) mass is 243 g/mol. The molecule has 0 heterocycles. The smallest absolute Gasteiger partial charge is 0.308 e. The molecule has 6 nitrogen and oxygen atoms in total. The number of hydrogen-bond acceptors (Lipinski definition) is 3. The van der Waals surface area contributed by atoms with E-state index in [0.29, 0.717) is 12.8 Å². The number of rotatable bonds is 5. The van der Waals surface area contributed by atoms with E-state index in [1.807, 2.05) is 0 Å². The van der Waals surface area contributed by atoms with Crippen LogP contribution in [0.2, 0.25) is 0 Å². The van der Waals surface area contributed by atoms with Crippen LogP contribution in [0.3, 0.4) is 0 Å². The highest BCUT2D eigenvalue weighted by atomic mass is 16.4. The van der Waals surface area contributed by atoms with Gasteiger partial charge in [0, 0.05) is 12.5 Å². The summed E-state index contributed by atoms with van der Waals surface area (Å²) in [5.41, 5.74) is 0. The van der Waals surface area contributed by atoms with Gasteiger partial charge >= 0.3 is 11.9 Å². The fourth-order valence-electron chi connectivity index (χ4n) is 2.10. The molecule has 0 radical (unpaired) electrons. The van der Waals surface area contributed by atoms with Crippen molar-refractivity contribution in [1.29, 1.82) is 0 Å². The molecule has 1 amide bonds. The summed E-state index contributed by atoms with van der Waals surface area (Å²) in [7, 11) is 0. The Hall–Kier alpha value is -1.59. The van der Waals surface area contributed by atoms with Gasteiger partial charge in [0.15, 0.2) is 0 Å². The normalized spacial score (nSPS) is 24.0. The lowest BCUT2D eigenvalue weighted by Crippen LogP contribution is -2.45. The molecule has 0 aromatic carbocycles. The van der Waals surface area contributed by atoms with Crippen LogP contribution in [0.4, 0.5) is 0 Å². The summed E-state index contributed by atoms with van der Waals surface area (Å²) < 4.78 is 0. The van der Waals surface area contributed by atoms with Crippen molar-refractivity contribution in [1.82, 2.24) is 5.32 Å². The van der Waals surface area contributed by atoms with Crippen molar-refractivity contribution in [2.75, 3.05) is 0 Å². The predicted molar refractivity (Wildman–Crippen MR) is 58.4 cm³/mol. The Labute approximate surface area is 99.0 Å². The molecule has 0 spiro atoms. The van der Waals surface area contributed by atoms with Crippen LogP contribution in [0, 0.1) is 5.92 Å². The first-order chi connectivity index (χ1) is 8.00. The predicted octanol–water partition coefficient (Wildman–Crippen LogP) is 0.611. The molecule has 0 aliphatic heterocycles. The van der Waals surface area contributed by atoms with Crippen LogP contribution < -0.4 is 5.32 Å². The first-order valence-corrected chi connectivity index (χ1v) is 5.74. The maximum Gasteiger partial charge on any atom is 0.308 e. The summed E-state index contributed by atoms with van der Waals surface area (Å²) in [4.78, 5) is 32.7. The highest BCUT2D eigenvalue weighted by Crippen LogP contribution is 2.24. The number of carbonyl (C=O) groups is 3. The van der Waals surface area contributed by atoms with Gasteiger partial charge in [-0.15, -0.1) is 0 Å². The molecular formula is C11H17NO5. The molecule has 6 heteroatoms. The Morgan fingerprint density at radius 3 is 2.29 bits per heavy atom. The average molecular weight is 243 g/mol. The Morgan fingerprint density at radius 2 is 1.71 bits per heavy atom. The molecule has 0 aromatic rings. The minimum Gasteiger partial charge on any atom is -0.481 e. The van der Waals surface area contributed by atoms with Crippen molar-refractivity contribution in [3.8, 4) is 0 Å². The number of carbonyl (C=O) groups excluding carboxylic acids is 1. The van der Waals surface area contributed by atoms with Gasteiger partial charge in [0.05, 0.1) is 12.3 Å². The van der Waals surface area contributed by atoms with Gasteiger partial charge in [0.25, 0.3) is 0 Å². The highest BCUT2D eigenvalue weighted by molar-refractivity contribution is 5.81. The number of amides is 1. The Bertz CT molecular complexity index is 315. The van der Waals surface area contributed by atoms with Crippen LogP contribution >= 0.6 is 0 Å². The number of carboxylic acids is 2. The minimum atomic E-state index is -1.03. The molecule has 1 saturated carbocycles. The van der Waals surface area contributed by atoms with Crippen LogP contribution in [0.25, 0.3) is 0 Å². The van der Waals surface area contributed by atoms with Crippen LogP contribution in [-0.4, -0.2) is 34.1 Å². The zero-order valence-corrected chi connectivity index (χ0v) is 9.52. The third kappa shape index (κ3) is 4.42. The first kappa shape index (κ1) is 13.5. The van der Waals surface area contributed by atoms with E-state index in [1.54, 1.807) is 0 Å². The van der Waals surface area contributed by atoms with Crippen LogP contribution in [0.1, 0.15) is 38.5 Å². The average Bonchev–Trinajstić information content (AvgIpc) is 2.27. The fraction of sp³-hybridized carbons (Fsp3) is 0.727. The quantitative estimate of drug-likeness (QED) is 0.656. The molecule has 0 saturated heterocycles. The van der Waals surface area contributed by atoms with E-state index in [-0.39, 0.29) is 24.8 Å². The van der Waals surface area contributed by atoms with Crippen molar-refractivity contribution < 1.29 is 24.6 Å². The molecule has 1 fully saturated rings. The number of carboxylic acid groups (broad SMARTS) is 2. The van der Waals surface area contributed by atoms with Crippen molar-refractivity contribution in [3.05, 3.63) is 0 Å². The number of nitrogens with one attached hydrogen (secondary N) is 1. The van der Waals surface area contributed by atoms with Crippen molar-refractivity contribution in [2.45, 2.75) is 44.6 Å². The molecule has 17 heavy (non-hydrogen) atoms. The molecule has 96 valence electrons. The summed E-state index contributed by atoms with van der Waals surface area (Å²) in [6.07, 6.45) is 2.65. The Morgan fingerprint density at radius 1 is 1.06 bits per heavy atom. The third-order valence-corrected chi connectivity index (χ3v) is 3.00. The molecule has 0 bridgehead atoms. The van der Waals surface area contributed by atoms with E-state index < -0.39 is 17.9 Å². The summed E-state index contributed by atoms with van der Waals surface area (Å²) in [6, 6.07) is -0.359. The van der Waals surface area contributed by atoms with Gasteiger partial charge in [0.2, 0.25) is 5.91 Å². The Kier molecular flexibility index (Phi) is 4.93. The molecule has 1 aliphatic carbocycles. The molecule has 0 unspecified atom stereocenters. The lowest BCUT2D eigenvalue weighted by molar-refractivity contribution is -0.144. The van der Waals surface area contributed by atoms with Crippen molar-refractivity contribution in [3.63, 3.8) is 0 Å². The second-order valence-electron chi connectivity index (χ2n) is 4.30. The van der Waals surface area contributed by atoms with Gasteiger partial charge in [0.1, 0.15) is 0 Å². The summed E-state index contributed by atoms with van der Waals surface area (Å²) in [6.45, 7) is 0. The zero-order valence-electron chi connectivity index (χ0n) is 9.52. The van der Waals surface area contributed by atoms with Crippen LogP contribution in [0.5, 0.6) is 0 Å². The SMILES string of the molecule is O=C(O)CCC(=O)N[C@H]1CCCC[C@@H]1C(=O)O. The zero-order chi connectivity index (χ0) is 12.8. The summed E-state index contributed by atoms with van der Waals surface area (Å²) in [5, 5.41) is 20.1. The molecule has 0 aromatic heterocycles. The third-order valence-electron chi connectivity index (χ3n) is 3.00. The van der Waals surface area contributed by atoms with E-state index in [1.165, 1.54) is 0 Å². The number of aliphatic carboxylic acids is 2. The molecule has 3 N–H and O–H groups in total. The maximum atomic E-state index is 11.4. The second kappa shape index (κ2) is 6.22.